The highest BCUT2D eigenvalue weighted by atomic mass is 16.5. The van der Waals surface area contributed by atoms with Crippen molar-refractivity contribution in [3.63, 3.8) is 0 Å². The molecule has 0 aromatic heterocycles. The lowest BCUT2D eigenvalue weighted by molar-refractivity contribution is -0.145. The lowest BCUT2D eigenvalue weighted by Crippen LogP contribution is -2.38. The van der Waals surface area contributed by atoms with Gasteiger partial charge in [0.15, 0.2) is 6.04 Å². The number of benzene rings is 1. The van der Waals surface area contributed by atoms with Gasteiger partial charge in [0.05, 0.1) is 7.11 Å². The number of hydrogen-bond donors (Lipinski definition) is 2. The minimum absolute atomic E-state index is 0.0640. The van der Waals surface area contributed by atoms with Crippen LogP contribution < -0.4 is 10.6 Å². The second kappa shape index (κ2) is 8.32. The number of ether oxygens (including phenoxy) is 1. The van der Waals surface area contributed by atoms with Crippen LogP contribution in [0.25, 0.3) is 0 Å². The third-order valence-corrected chi connectivity index (χ3v) is 2.92. The first-order chi connectivity index (χ1) is 9.58. The summed E-state index contributed by atoms with van der Waals surface area (Å²) in [5, 5.41) is 5.88. The van der Waals surface area contributed by atoms with Gasteiger partial charge in [-0.25, -0.2) is 4.79 Å². The van der Waals surface area contributed by atoms with Gasteiger partial charge in [0, 0.05) is 12.5 Å². The molecule has 0 spiro atoms. The molecule has 1 aromatic carbocycles. The van der Waals surface area contributed by atoms with E-state index in [1.807, 2.05) is 32.0 Å². The van der Waals surface area contributed by atoms with Crippen molar-refractivity contribution in [1.82, 2.24) is 10.6 Å². The molecule has 0 radical (unpaired) electrons. The van der Waals surface area contributed by atoms with Gasteiger partial charge in [0.2, 0.25) is 5.91 Å². The number of esters is 1. The van der Waals surface area contributed by atoms with Crippen LogP contribution in [-0.4, -0.2) is 31.6 Å². The molecular formula is C15H22N2O3. The molecule has 0 aliphatic heterocycles. The van der Waals surface area contributed by atoms with Gasteiger partial charge in [0.25, 0.3) is 0 Å². The Morgan fingerprint density at radius 3 is 2.45 bits per heavy atom. The Balaban J connectivity index is 2.71. The highest BCUT2D eigenvalue weighted by molar-refractivity contribution is 5.85. The van der Waals surface area contributed by atoms with Crippen molar-refractivity contribution in [2.45, 2.75) is 32.4 Å². The SMILES string of the molecule is CCNC(C)CC(=O)NC(C(=O)OC)c1ccccc1. The molecule has 0 bridgehead atoms. The van der Waals surface area contributed by atoms with E-state index in [9.17, 15) is 9.59 Å². The lowest BCUT2D eigenvalue weighted by atomic mass is 10.1. The van der Waals surface area contributed by atoms with Crippen molar-refractivity contribution in [2.24, 2.45) is 0 Å². The van der Waals surface area contributed by atoms with E-state index in [4.69, 9.17) is 4.74 Å². The van der Waals surface area contributed by atoms with E-state index in [1.165, 1.54) is 7.11 Å². The first-order valence-corrected chi connectivity index (χ1v) is 6.74. The Bertz CT molecular complexity index is 434. The highest BCUT2D eigenvalue weighted by Gasteiger charge is 2.23. The molecule has 2 N–H and O–H groups in total. The predicted octanol–water partition coefficient (Wildman–Crippen LogP) is 1.40. The first kappa shape index (κ1) is 16.2. The number of hydrogen-bond acceptors (Lipinski definition) is 4. The molecule has 2 unspecified atom stereocenters. The van der Waals surface area contributed by atoms with Crippen LogP contribution in [0.15, 0.2) is 30.3 Å². The van der Waals surface area contributed by atoms with E-state index in [2.05, 4.69) is 10.6 Å². The summed E-state index contributed by atoms with van der Waals surface area (Å²) in [4.78, 5) is 23.8. The molecule has 20 heavy (non-hydrogen) atoms. The van der Waals surface area contributed by atoms with E-state index in [0.29, 0.717) is 12.0 Å². The van der Waals surface area contributed by atoms with Gasteiger partial charge in [-0.05, 0) is 19.0 Å². The zero-order chi connectivity index (χ0) is 15.0. The largest absolute Gasteiger partial charge is 0.467 e. The molecule has 1 rings (SSSR count). The summed E-state index contributed by atoms with van der Waals surface area (Å²) >= 11 is 0. The minimum atomic E-state index is -0.762. The number of carbonyl (C=O) groups excluding carboxylic acids is 2. The van der Waals surface area contributed by atoms with Crippen LogP contribution >= 0.6 is 0 Å². The molecule has 5 heteroatoms. The normalized spacial score (nSPS) is 13.3. The molecular weight excluding hydrogens is 256 g/mol. The Labute approximate surface area is 119 Å². The molecule has 1 aromatic rings. The second-order valence-corrected chi connectivity index (χ2v) is 4.60. The van der Waals surface area contributed by atoms with Crippen LogP contribution in [-0.2, 0) is 14.3 Å². The summed E-state index contributed by atoms with van der Waals surface area (Å²) < 4.78 is 4.75. The quantitative estimate of drug-likeness (QED) is 0.740. The van der Waals surface area contributed by atoms with Crippen molar-refractivity contribution in [3.8, 4) is 0 Å². The topological polar surface area (TPSA) is 67.4 Å². The van der Waals surface area contributed by atoms with Crippen LogP contribution in [0.5, 0.6) is 0 Å². The van der Waals surface area contributed by atoms with Gasteiger partial charge in [-0.15, -0.1) is 0 Å². The zero-order valence-electron chi connectivity index (χ0n) is 12.2. The summed E-state index contributed by atoms with van der Waals surface area (Å²) in [6.07, 6.45) is 0.314. The number of amides is 1. The van der Waals surface area contributed by atoms with Crippen molar-refractivity contribution >= 4 is 11.9 Å². The molecule has 2 atom stereocenters. The Morgan fingerprint density at radius 2 is 1.90 bits per heavy atom. The average Bonchev–Trinajstić information content (AvgIpc) is 2.45. The maximum Gasteiger partial charge on any atom is 0.333 e. The van der Waals surface area contributed by atoms with Crippen molar-refractivity contribution in [3.05, 3.63) is 35.9 Å². The van der Waals surface area contributed by atoms with E-state index in [0.717, 1.165) is 6.54 Å². The summed E-state index contributed by atoms with van der Waals surface area (Å²) in [7, 11) is 1.31. The molecule has 0 saturated heterocycles. The van der Waals surface area contributed by atoms with Crippen LogP contribution in [0.1, 0.15) is 31.9 Å². The molecule has 0 aliphatic rings. The molecule has 0 saturated carbocycles. The maximum absolute atomic E-state index is 12.0. The highest BCUT2D eigenvalue weighted by Crippen LogP contribution is 2.14. The lowest BCUT2D eigenvalue weighted by Gasteiger charge is -2.18. The standard InChI is InChI=1S/C15H22N2O3/c1-4-16-11(2)10-13(18)17-14(15(19)20-3)12-8-6-5-7-9-12/h5-9,11,14,16H,4,10H2,1-3H3,(H,17,18). The van der Waals surface area contributed by atoms with Gasteiger partial charge in [0.1, 0.15) is 0 Å². The molecule has 110 valence electrons. The number of carbonyl (C=O) groups is 2. The Kier molecular flexibility index (Phi) is 6.73. The molecule has 0 heterocycles. The fourth-order valence-corrected chi connectivity index (χ4v) is 1.96. The van der Waals surface area contributed by atoms with E-state index < -0.39 is 12.0 Å². The third kappa shape index (κ3) is 5.01. The Hall–Kier alpha value is -1.88. The van der Waals surface area contributed by atoms with E-state index in [-0.39, 0.29) is 11.9 Å². The van der Waals surface area contributed by atoms with Gasteiger partial charge in [-0.1, -0.05) is 37.3 Å². The molecule has 5 nitrogen and oxygen atoms in total. The maximum atomic E-state index is 12.0. The third-order valence-electron chi connectivity index (χ3n) is 2.92. The summed E-state index contributed by atoms with van der Waals surface area (Å²) in [5.41, 5.74) is 0.712. The molecule has 0 fully saturated rings. The summed E-state index contributed by atoms with van der Waals surface area (Å²) in [5.74, 6) is -0.654. The Morgan fingerprint density at radius 1 is 1.25 bits per heavy atom. The van der Waals surface area contributed by atoms with E-state index in [1.54, 1.807) is 12.1 Å². The van der Waals surface area contributed by atoms with Crippen molar-refractivity contribution in [1.29, 1.82) is 0 Å². The van der Waals surface area contributed by atoms with Gasteiger partial charge >= 0.3 is 5.97 Å². The van der Waals surface area contributed by atoms with Crippen molar-refractivity contribution in [2.75, 3.05) is 13.7 Å². The number of nitrogens with one attached hydrogen (secondary N) is 2. The summed E-state index contributed by atoms with van der Waals surface area (Å²) in [6, 6.07) is 8.37. The number of methoxy groups -OCH3 is 1. The summed E-state index contributed by atoms with van der Waals surface area (Å²) in [6.45, 7) is 4.71. The monoisotopic (exact) mass is 278 g/mol. The minimum Gasteiger partial charge on any atom is -0.467 e. The zero-order valence-corrected chi connectivity index (χ0v) is 12.2. The fraction of sp³-hybridized carbons (Fsp3) is 0.467. The number of rotatable bonds is 7. The van der Waals surface area contributed by atoms with E-state index >= 15 is 0 Å². The van der Waals surface area contributed by atoms with Gasteiger partial charge in [-0.2, -0.15) is 0 Å². The fourth-order valence-electron chi connectivity index (χ4n) is 1.96. The average molecular weight is 278 g/mol. The van der Waals surface area contributed by atoms with Crippen LogP contribution in [0.4, 0.5) is 0 Å². The molecule has 1 amide bonds. The predicted molar refractivity (Wildman–Crippen MR) is 77.1 cm³/mol. The second-order valence-electron chi connectivity index (χ2n) is 4.60. The van der Waals surface area contributed by atoms with Crippen LogP contribution in [0.2, 0.25) is 0 Å². The smallest absolute Gasteiger partial charge is 0.333 e. The first-order valence-electron chi connectivity index (χ1n) is 6.74. The van der Waals surface area contributed by atoms with Gasteiger partial charge < -0.3 is 15.4 Å². The van der Waals surface area contributed by atoms with Crippen LogP contribution in [0.3, 0.4) is 0 Å². The molecule has 0 aliphatic carbocycles. The van der Waals surface area contributed by atoms with Crippen LogP contribution in [0, 0.1) is 0 Å². The van der Waals surface area contributed by atoms with Gasteiger partial charge in [-0.3, -0.25) is 4.79 Å². The van der Waals surface area contributed by atoms with Crippen molar-refractivity contribution < 1.29 is 14.3 Å².